The predicted octanol–water partition coefficient (Wildman–Crippen LogP) is 6.27. The molecule has 0 radical (unpaired) electrons. The van der Waals surface area contributed by atoms with Crippen LogP contribution in [-0.4, -0.2) is 16.4 Å². The number of rotatable bonds is 5. The SMILES string of the molecule is Cc1cc(-c2ccccc2)c(O[Si](C)(C)C)c([Si](C)(C)c2cccc3c2C=CC3)c1. The van der Waals surface area contributed by atoms with Crippen molar-refractivity contribution in [3.63, 3.8) is 0 Å². The van der Waals surface area contributed by atoms with Crippen LogP contribution in [0.4, 0.5) is 0 Å². The zero-order valence-corrected chi connectivity index (χ0v) is 21.0. The smallest absolute Gasteiger partial charge is 0.242 e. The summed E-state index contributed by atoms with van der Waals surface area (Å²) in [4.78, 5) is 0. The number of hydrogen-bond acceptors (Lipinski definition) is 1. The van der Waals surface area contributed by atoms with Gasteiger partial charge in [0.05, 0.1) is 0 Å². The minimum absolute atomic E-state index is 1.05. The lowest BCUT2D eigenvalue weighted by Gasteiger charge is -2.32. The fraction of sp³-hybridized carbons (Fsp3) is 0.259. The van der Waals surface area contributed by atoms with Gasteiger partial charge in [0.25, 0.3) is 0 Å². The van der Waals surface area contributed by atoms with Crippen LogP contribution in [0, 0.1) is 6.92 Å². The molecule has 0 unspecified atom stereocenters. The lowest BCUT2D eigenvalue weighted by atomic mass is 10.0. The van der Waals surface area contributed by atoms with E-state index in [4.69, 9.17) is 4.43 Å². The van der Waals surface area contributed by atoms with Crippen LogP contribution in [0.2, 0.25) is 32.7 Å². The number of allylic oxidation sites excluding steroid dienone is 1. The second kappa shape index (κ2) is 7.71. The third kappa shape index (κ3) is 3.97. The van der Waals surface area contributed by atoms with E-state index in [2.05, 4.69) is 112 Å². The fourth-order valence-corrected chi connectivity index (χ4v) is 8.46. The van der Waals surface area contributed by atoms with Crippen LogP contribution in [0.15, 0.2) is 66.7 Å². The summed E-state index contributed by atoms with van der Waals surface area (Å²) in [6.45, 7) is 14.0. The van der Waals surface area contributed by atoms with Gasteiger partial charge in [-0.25, -0.2) is 0 Å². The van der Waals surface area contributed by atoms with E-state index in [9.17, 15) is 0 Å². The molecule has 0 aliphatic heterocycles. The second-order valence-corrected chi connectivity index (χ2v) is 18.6. The highest BCUT2D eigenvalue weighted by atomic mass is 28.4. The highest BCUT2D eigenvalue weighted by molar-refractivity contribution is 7.01. The molecular formula is C27H32OSi2. The van der Waals surface area contributed by atoms with Crippen molar-refractivity contribution in [3.05, 3.63) is 83.4 Å². The summed E-state index contributed by atoms with van der Waals surface area (Å²) in [5.74, 6) is 1.11. The molecule has 0 saturated heterocycles. The number of fused-ring (bicyclic) bond motifs is 1. The van der Waals surface area contributed by atoms with Gasteiger partial charge in [-0.3, -0.25) is 0 Å². The van der Waals surface area contributed by atoms with Gasteiger partial charge in [0.2, 0.25) is 8.32 Å². The average molecular weight is 429 g/mol. The molecule has 0 atom stereocenters. The third-order valence-electron chi connectivity index (χ3n) is 5.89. The van der Waals surface area contributed by atoms with Crippen molar-refractivity contribution in [1.82, 2.24) is 0 Å². The van der Waals surface area contributed by atoms with Gasteiger partial charge in [-0.05, 0) is 66.1 Å². The van der Waals surface area contributed by atoms with E-state index in [1.807, 2.05) is 0 Å². The van der Waals surface area contributed by atoms with Crippen molar-refractivity contribution >= 4 is 32.8 Å². The van der Waals surface area contributed by atoms with Gasteiger partial charge >= 0.3 is 0 Å². The molecule has 0 heterocycles. The third-order valence-corrected chi connectivity index (χ3v) is 10.2. The van der Waals surface area contributed by atoms with E-state index in [-0.39, 0.29) is 0 Å². The first-order valence-electron chi connectivity index (χ1n) is 10.9. The summed E-state index contributed by atoms with van der Waals surface area (Å²) in [5, 5.41) is 2.93. The first kappa shape index (κ1) is 20.9. The Hall–Kier alpha value is -2.37. The maximum Gasteiger partial charge on any atom is 0.242 e. The predicted molar refractivity (Wildman–Crippen MR) is 137 cm³/mol. The van der Waals surface area contributed by atoms with Crippen molar-refractivity contribution < 1.29 is 4.43 Å². The molecule has 4 rings (SSSR count). The Morgan fingerprint density at radius 3 is 2.23 bits per heavy atom. The van der Waals surface area contributed by atoms with Gasteiger partial charge in [0.15, 0.2) is 0 Å². The lowest BCUT2D eigenvalue weighted by Crippen LogP contribution is -2.55. The largest absolute Gasteiger partial charge is 0.544 e. The highest BCUT2D eigenvalue weighted by Crippen LogP contribution is 2.34. The van der Waals surface area contributed by atoms with Crippen LogP contribution in [0.1, 0.15) is 16.7 Å². The van der Waals surface area contributed by atoms with Crippen LogP contribution in [-0.2, 0) is 6.42 Å². The van der Waals surface area contributed by atoms with Gasteiger partial charge in [0, 0.05) is 5.56 Å². The Morgan fingerprint density at radius 1 is 0.800 bits per heavy atom. The van der Waals surface area contributed by atoms with Crippen LogP contribution >= 0.6 is 0 Å². The molecule has 0 bridgehead atoms. The Bertz CT molecular complexity index is 1110. The molecule has 1 aliphatic rings. The van der Waals surface area contributed by atoms with Crippen molar-refractivity contribution in [3.8, 4) is 16.9 Å². The van der Waals surface area contributed by atoms with Crippen LogP contribution in [0.25, 0.3) is 17.2 Å². The summed E-state index contributed by atoms with van der Waals surface area (Å²) < 4.78 is 6.86. The minimum Gasteiger partial charge on any atom is -0.544 e. The Kier molecular flexibility index (Phi) is 5.37. The Balaban J connectivity index is 1.98. The standard InChI is InChI=1S/C27H32OSi2/c1-20-18-24(22-12-8-7-9-13-22)27(28-29(2,3)4)26(19-20)30(5,6)25-17-11-15-21-14-10-16-23(21)25/h7-13,15-19H,14H2,1-6H3. The van der Waals surface area contributed by atoms with Crippen molar-refractivity contribution in [2.75, 3.05) is 0 Å². The molecule has 3 aromatic rings. The molecular weight excluding hydrogens is 396 g/mol. The highest BCUT2D eigenvalue weighted by Gasteiger charge is 2.35. The summed E-state index contributed by atoms with van der Waals surface area (Å²) in [7, 11) is -3.81. The molecule has 0 aromatic heterocycles. The summed E-state index contributed by atoms with van der Waals surface area (Å²) in [6, 6.07) is 22.3. The first-order valence-corrected chi connectivity index (χ1v) is 17.3. The quantitative estimate of drug-likeness (QED) is 0.435. The molecule has 1 nitrogen and oxygen atoms in total. The molecule has 0 amide bonds. The monoisotopic (exact) mass is 428 g/mol. The topological polar surface area (TPSA) is 9.23 Å². The van der Waals surface area contributed by atoms with E-state index >= 15 is 0 Å². The number of hydrogen-bond donors (Lipinski definition) is 0. The van der Waals surface area contributed by atoms with E-state index in [1.165, 1.54) is 38.2 Å². The summed E-state index contributed by atoms with van der Waals surface area (Å²) in [5.41, 5.74) is 6.67. The maximum absolute atomic E-state index is 6.86. The molecule has 0 N–H and O–H groups in total. The Morgan fingerprint density at radius 2 is 1.53 bits per heavy atom. The lowest BCUT2D eigenvalue weighted by molar-refractivity contribution is 0.563. The summed E-state index contributed by atoms with van der Waals surface area (Å²) in [6.07, 6.45) is 5.67. The van der Waals surface area contributed by atoms with Crippen LogP contribution in [0.5, 0.6) is 5.75 Å². The Labute approximate surface area is 183 Å². The van der Waals surface area contributed by atoms with Gasteiger partial charge in [-0.15, -0.1) is 0 Å². The first-order chi connectivity index (χ1) is 14.2. The molecule has 0 fully saturated rings. The number of aryl methyl sites for hydroxylation is 1. The van der Waals surface area contributed by atoms with E-state index in [0.29, 0.717) is 0 Å². The van der Waals surface area contributed by atoms with Crippen molar-refractivity contribution in [1.29, 1.82) is 0 Å². The van der Waals surface area contributed by atoms with Crippen molar-refractivity contribution in [2.24, 2.45) is 0 Å². The van der Waals surface area contributed by atoms with Gasteiger partial charge < -0.3 is 4.43 Å². The second-order valence-electron chi connectivity index (χ2n) is 9.88. The zero-order chi connectivity index (χ0) is 21.5. The molecule has 0 spiro atoms. The summed E-state index contributed by atoms with van der Waals surface area (Å²) >= 11 is 0. The normalized spacial score (nSPS) is 13.4. The van der Waals surface area contributed by atoms with E-state index < -0.39 is 16.4 Å². The minimum atomic E-state index is -2.01. The molecule has 3 heteroatoms. The van der Waals surface area contributed by atoms with Gasteiger partial charge in [-0.2, -0.15) is 0 Å². The molecule has 3 aromatic carbocycles. The van der Waals surface area contributed by atoms with Crippen LogP contribution < -0.4 is 14.8 Å². The average Bonchev–Trinajstić information content (AvgIpc) is 3.17. The van der Waals surface area contributed by atoms with E-state index in [1.54, 1.807) is 0 Å². The molecule has 154 valence electrons. The van der Waals surface area contributed by atoms with Crippen LogP contribution in [0.3, 0.4) is 0 Å². The maximum atomic E-state index is 6.86. The van der Waals surface area contributed by atoms with Gasteiger partial charge in [0.1, 0.15) is 13.8 Å². The fourth-order valence-electron chi connectivity index (χ4n) is 4.47. The van der Waals surface area contributed by atoms with Crippen molar-refractivity contribution in [2.45, 2.75) is 46.1 Å². The number of benzene rings is 3. The van der Waals surface area contributed by atoms with Gasteiger partial charge in [-0.1, -0.05) is 85.4 Å². The molecule has 30 heavy (non-hydrogen) atoms. The molecule has 1 aliphatic carbocycles. The molecule has 0 saturated carbocycles. The van der Waals surface area contributed by atoms with E-state index in [0.717, 1.165) is 12.2 Å². The zero-order valence-electron chi connectivity index (χ0n) is 19.0.